The number of anilines is 1. The number of benzene rings is 1. The van der Waals surface area contributed by atoms with Crippen molar-refractivity contribution in [1.29, 1.82) is 0 Å². The third-order valence-electron chi connectivity index (χ3n) is 8.85. The van der Waals surface area contributed by atoms with Crippen LogP contribution in [0.4, 0.5) is 5.69 Å². The smallest absolute Gasteiger partial charge is 0.246 e. The van der Waals surface area contributed by atoms with Gasteiger partial charge in [-0.05, 0) is 42.5 Å². The van der Waals surface area contributed by atoms with Gasteiger partial charge in [0.1, 0.15) is 17.4 Å². The van der Waals surface area contributed by atoms with E-state index in [0.717, 1.165) is 19.3 Å². The summed E-state index contributed by atoms with van der Waals surface area (Å²) in [6.45, 7) is 4.93. The molecular formula is C28H37N3O6. The summed E-state index contributed by atoms with van der Waals surface area (Å²) in [5.41, 5.74) is -0.576. The highest BCUT2D eigenvalue weighted by molar-refractivity contribution is 6.02. The van der Waals surface area contributed by atoms with E-state index in [4.69, 9.17) is 14.2 Å². The average Bonchev–Trinajstić information content (AvgIpc) is 3.53. The van der Waals surface area contributed by atoms with Crippen LogP contribution in [0.5, 0.6) is 5.75 Å². The van der Waals surface area contributed by atoms with Gasteiger partial charge in [0, 0.05) is 25.4 Å². The van der Waals surface area contributed by atoms with Crippen LogP contribution in [0, 0.1) is 23.7 Å². The molecule has 200 valence electrons. The monoisotopic (exact) mass is 511 g/mol. The Labute approximate surface area is 217 Å². The zero-order valence-corrected chi connectivity index (χ0v) is 21.9. The second-order valence-corrected chi connectivity index (χ2v) is 10.8. The molecule has 0 radical (unpaired) electrons. The number of amides is 3. The van der Waals surface area contributed by atoms with E-state index in [1.54, 1.807) is 43.4 Å². The molecule has 3 fully saturated rings. The van der Waals surface area contributed by atoms with Crippen molar-refractivity contribution in [2.24, 2.45) is 23.7 Å². The highest BCUT2D eigenvalue weighted by atomic mass is 16.5. The number of nitrogens with one attached hydrogen (secondary N) is 2. The van der Waals surface area contributed by atoms with Crippen molar-refractivity contribution in [3.8, 4) is 5.75 Å². The summed E-state index contributed by atoms with van der Waals surface area (Å²) in [4.78, 5) is 42.7. The van der Waals surface area contributed by atoms with E-state index >= 15 is 0 Å². The van der Waals surface area contributed by atoms with Gasteiger partial charge in [-0.1, -0.05) is 38.8 Å². The van der Waals surface area contributed by atoms with Crippen LogP contribution in [0.3, 0.4) is 0 Å². The lowest BCUT2D eigenvalue weighted by Gasteiger charge is -2.38. The Hall–Kier alpha value is -2.91. The minimum absolute atomic E-state index is 0.0443. The number of hydrogen-bond acceptors (Lipinski definition) is 6. The van der Waals surface area contributed by atoms with Gasteiger partial charge in [-0.2, -0.15) is 0 Å². The summed E-state index contributed by atoms with van der Waals surface area (Å²) in [6, 6.07) is 6.21. The molecule has 4 aliphatic rings. The van der Waals surface area contributed by atoms with Crippen molar-refractivity contribution in [3.63, 3.8) is 0 Å². The Morgan fingerprint density at radius 2 is 1.89 bits per heavy atom. The number of fused-ring (bicyclic) bond motifs is 1. The van der Waals surface area contributed by atoms with Crippen LogP contribution in [0.2, 0.25) is 0 Å². The average molecular weight is 512 g/mol. The molecule has 2 bridgehead atoms. The number of carbonyl (C=O) groups is 3. The van der Waals surface area contributed by atoms with Gasteiger partial charge in [-0.25, -0.2) is 0 Å². The quantitative estimate of drug-likeness (QED) is 0.519. The minimum Gasteiger partial charge on any atom is -0.497 e. The molecule has 1 spiro atoms. The number of carbonyl (C=O) groups excluding carboxylic acids is 3. The highest BCUT2D eigenvalue weighted by Crippen LogP contribution is 2.55. The number of nitrogens with zero attached hydrogens (tertiary/aromatic N) is 1. The SMILES string of the molecule is COCCN1C(=O)[C@@H]2C(C(=O)Nc3ccc(OC)cc3)[C@@H]3C=CC2(O3)C1C(=O)NC1CCCC(C)C1C. The van der Waals surface area contributed by atoms with Crippen LogP contribution in [-0.2, 0) is 23.9 Å². The summed E-state index contributed by atoms with van der Waals surface area (Å²) in [7, 11) is 3.14. The predicted octanol–water partition coefficient (Wildman–Crippen LogP) is 2.37. The van der Waals surface area contributed by atoms with Crippen molar-refractivity contribution in [2.75, 3.05) is 32.7 Å². The van der Waals surface area contributed by atoms with Crippen LogP contribution in [-0.4, -0.2) is 73.8 Å². The van der Waals surface area contributed by atoms with Crippen molar-refractivity contribution >= 4 is 23.4 Å². The highest BCUT2D eigenvalue weighted by Gasteiger charge is 2.72. The Morgan fingerprint density at radius 3 is 2.59 bits per heavy atom. The van der Waals surface area contributed by atoms with Crippen molar-refractivity contribution in [2.45, 2.75) is 56.9 Å². The zero-order chi connectivity index (χ0) is 26.3. The van der Waals surface area contributed by atoms with Crippen molar-refractivity contribution in [1.82, 2.24) is 10.2 Å². The summed E-state index contributed by atoms with van der Waals surface area (Å²) in [5.74, 6) is -0.754. The molecule has 1 aliphatic carbocycles. The van der Waals surface area contributed by atoms with E-state index < -0.39 is 29.6 Å². The van der Waals surface area contributed by atoms with Gasteiger partial charge in [-0.15, -0.1) is 0 Å². The van der Waals surface area contributed by atoms with Crippen LogP contribution in [0.25, 0.3) is 0 Å². The number of ether oxygens (including phenoxy) is 3. The van der Waals surface area contributed by atoms with Gasteiger partial charge in [0.2, 0.25) is 17.7 Å². The maximum Gasteiger partial charge on any atom is 0.246 e. The Kier molecular flexibility index (Phi) is 7.02. The van der Waals surface area contributed by atoms with Crippen LogP contribution in [0.1, 0.15) is 33.1 Å². The maximum atomic E-state index is 13.9. The first-order valence-electron chi connectivity index (χ1n) is 13.2. The van der Waals surface area contributed by atoms with Gasteiger partial charge in [0.05, 0.1) is 31.7 Å². The fourth-order valence-electron chi connectivity index (χ4n) is 6.64. The minimum atomic E-state index is -1.18. The zero-order valence-electron chi connectivity index (χ0n) is 21.9. The van der Waals surface area contributed by atoms with E-state index in [1.807, 2.05) is 12.2 Å². The summed E-state index contributed by atoms with van der Waals surface area (Å²) in [5, 5.41) is 6.18. The molecule has 1 aromatic rings. The number of methoxy groups -OCH3 is 2. The molecule has 37 heavy (non-hydrogen) atoms. The Morgan fingerprint density at radius 1 is 1.14 bits per heavy atom. The summed E-state index contributed by atoms with van der Waals surface area (Å²) < 4.78 is 16.8. The standard InChI is InChI=1S/C28H37N3O6/c1-16-6-5-7-20(17(16)2)30-26(33)24-28-13-12-21(37-28)22(23(28)27(34)31(24)14-15-35-3)25(32)29-18-8-10-19(36-4)11-9-18/h8-13,16-17,20-24H,5-7,14-15H2,1-4H3,(H,29,32)(H,30,33)/t16?,17?,20?,21-,22?,23-,24?,28?/m0/s1. The number of likely N-dealkylation sites (tertiary alicyclic amines) is 1. The van der Waals surface area contributed by atoms with E-state index in [1.165, 1.54) is 0 Å². The molecule has 8 atom stereocenters. The van der Waals surface area contributed by atoms with Gasteiger partial charge in [0.15, 0.2) is 0 Å². The normalized spacial score (nSPS) is 35.9. The fourth-order valence-corrected chi connectivity index (χ4v) is 6.64. The van der Waals surface area contributed by atoms with E-state index in [-0.39, 0.29) is 36.9 Å². The molecule has 9 nitrogen and oxygen atoms in total. The van der Waals surface area contributed by atoms with E-state index in [2.05, 4.69) is 24.5 Å². The van der Waals surface area contributed by atoms with Crippen LogP contribution in [0.15, 0.2) is 36.4 Å². The third-order valence-corrected chi connectivity index (χ3v) is 8.85. The van der Waals surface area contributed by atoms with Crippen molar-refractivity contribution in [3.05, 3.63) is 36.4 Å². The van der Waals surface area contributed by atoms with Crippen LogP contribution >= 0.6 is 0 Å². The third kappa shape index (κ3) is 4.32. The lowest BCUT2D eigenvalue weighted by Crippen LogP contribution is -2.58. The van der Waals surface area contributed by atoms with Crippen LogP contribution < -0.4 is 15.4 Å². The largest absolute Gasteiger partial charge is 0.497 e. The second kappa shape index (κ2) is 10.1. The van der Waals surface area contributed by atoms with Gasteiger partial charge in [-0.3, -0.25) is 14.4 Å². The molecule has 9 heteroatoms. The van der Waals surface area contributed by atoms with E-state index in [9.17, 15) is 14.4 Å². The topological polar surface area (TPSA) is 106 Å². The van der Waals surface area contributed by atoms with Gasteiger partial charge < -0.3 is 29.7 Å². The molecule has 2 N–H and O–H groups in total. The molecule has 0 aromatic heterocycles. The number of hydrogen-bond donors (Lipinski definition) is 2. The molecule has 2 saturated heterocycles. The molecule has 3 aliphatic heterocycles. The second-order valence-electron chi connectivity index (χ2n) is 10.8. The Balaban J connectivity index is 1.41. The van der Waals surface area contributed by atoms with Crippen molar-refractivity contribution < 1.29 is 28.6 Å². The molecule has 6 unspecified atom stereocenters. The number of rotatable bonds is 8. The first-order chi connectivity index (χ1) is 17.8. The van der Waals surface area contributed by atoms with E-state index in [0.29, 0.717) is 23.3 Å². The molecular weight excluding hydrogens is 474 g/mol. The first-order valence-corrected chi connectivity index (χ1v) is 13.2. The fraction of sp³-hybridized carbons (Fsp3) is 0.607. The van der Waals surface area contributed by atoms with Gasteiger partial charge in [0.25, 0.3) is 0 Å². The molecule has 5 rings (SSSR count). The Bertz CT molecular complexity index is 1070. The first kappa shape index (κ1) is 25.7. The summed E-state index contributed by atoms with van der Waals surface area (Å²) in [6.07, 6.45) is 6.22. The van der Waals surface area contributed by atoms with Gasteiger partial charge >= 0.3 is 0 Å². The summed E-state index contributed by atoms with van der Waals surface area (Å²) >= 11 is 0. The molecule has 3 heterocycles. The lowest BCUT2D eigenvalue weighted by molar-refractivity contribution is -0.142. The molecule has 1 aromatic carbocycles. The maximum absolute atomic E-state index is 13.9. The lowest BCUT2D eigenvalue weighted by atomic mass is 9.73. The molecule has 1 saturated carbocycles. The molecule has 3 amide bonds. The predicted molar refractivity (Wildman–Crippen MR) is 137 cm³/mol.